The molecule has 7 nitrogen and oxygen atoms in total. The van der Waals surface area contributed by atoms with Crippen LogP contribution in [0.25, 0.3) is 33.2 Å². The van der Waals surface area contributed by atoms with Gasteiger partial charge in [-0.2, -0.15) is 5.26 Å². The highest BCUT2D eigenvalue weighted by molar-refractivity contribution is 7.10. The van der Waals surface area contributed by atoms with Gasteiger partial charge in [0, 0.05) is 86.8 Å². The Bertz CT molecular complexity index is 1940. The fourth-order valence-corrected chi connectivity index (χ4v) is 9.17. The van der Waals surface area contributed by atoms with E-state index in [2.05, 4.69) is 98.9 Å². The van der Waals surface area contributed by atoms with Crippen molar-refractivity contribution < 1.29 is 0 Å². The Morgan fingerprint density at radius 3 is 1.86 bits per heavy atom. The molecule has 0 saturated carbocycles. The standard InChI is InChI=1S/C39H44ClN7S2/c1-4-44-8-12-46(13-9-44)23-33-17-30(25-48-33)28-6-7-35-37(20-28)42-22-32(21-41)39(35)43-38-27(3)16-29(19-36(38)40)31-18-34(49-26-31)24-47-14-10-45(5-2)11-15-47/h6-7,16-20,22,25-26H,4-5,8-15,23-24H2,1-3H3,(H,42,43). The first-order chi connectivity index (χ1) is 23.9. The zero-order valence-corrected chi connectivity index (χ0v) is 31.0. The van der Waals surface area contributed by atoms with Crippen molar-refractivity contribution in [2.45, 2.75) is 33.9 Å². The minimum atomic E-state index is 0.489. The van der Waals surface area contributed by atoms with Gasteiger partial charge in [0.05, 0.1) is 27.5 Å². The Morgan fingerprint density at radius 2 is 1.31 bits per heavy atom. The van der Waals surface area contributed by atoms with E-state index in [1.165, 1.54) is 20.9 Å². The van der Waals surface area contributed by atoms with Gasteiger partial charge in [0.1, 0.15) is 6.07 Å². The zero-order valence-electron chi connectivity index (χ0n) is 28.6. The van der Waals surface area contributed by atoms with Crippen LogP contribution >= 0.6 is 34.3 Å². The second kappa shape index (κ2) is 15.3. The molecule has 10 heteroatoms. The van der Waals surface area contributed by atoms with Crippen LogP contribution in [0.15, 0.2) is 59.4 Å². The number of hydrogen-bond donors (Lipinski definition) is 1. The number of fused-ring (bicyclic) bond motifs is 1. The highest BCUT2D eigenvalue weighted by atomic mass is 35.5. The molecule has 5 aromatic rings. The Hall–Kier alpha value is -3.33. The van der Waals surface area contributed by atoms with Crippen LogP contribution in [0.2, 0.25) is 5.02 Å². The fraction of sp³-hybridized carbons (Fsp3) is 0.385. The summed E-state index contributed by atoms with van der Waals surface area (Å²) in [6, 6.07) is 17.5. The van der Waals surface area contributed by atoms with Gasteiger partial charge in [-0.1, -0.05) is 37.6 Å². The molecule has 0 aliphatic carbocycles. The second-order valence-corrected chi connectivity index (χ2v) is 15.6. The lowest BCUT2D eigenvalue weighted by molar-refractivity contribution is 0.133. The molecule has 5 heterocycles. The second-order valence-electron chi connectivity index (χ2n) is 13.2. The molecule has 2 aromatic carbocycles. The van der Waals surface area contributed by atoms with Crippen LogP contribution < -0.4 is 5.32 Å². The van der Waals surface area contributed by atoms with Crippen LogP contribution in [0.5, 0.6) is 0 Å². The summed E-state index contributed by atoms with van der Waals surface area (Å²) in [6.07, 6.45) is 1.66. The Morgan fingerprint density at radius 1 is 0.735 bits per heavy atom. The quantitative estimate of drug-likeness (QED) is 0.156. The number of nitriles is 1. The molecule has 2 fully saturated rings. The number of pyridine rings is 1. The summed E-state index contributed by atoms with van der Waals surface area (Å²) in [6.45, 7) is 19.9. The Kier molecular flexibility index (Phi) is 10.6. The Labute approximate surface area is 303 Å². The van der Waals surface area contributed by atoms with Crippen molar-refractivity contribution in [2.75, 3.05) is 70.8 Å². The van der Waals surface area contributed by atoms with Gasteiger partial charge in [-0.05, 0) is 88.9 Å². The molecule has 3 aromatic heterocycles. The van der Waals surface area contributed by atoms with Crippen LogP contribution in [0.3, 0.4) is 0 Å². The molecule has 0 spiro atoms. The molecular formula is C39H44ClN7S2. The van der Waals surface area contributed by atoms with Crippen LogP contribution in [-0.4, -0.2) is 90.0 Å². The zero-order chi connectivity index (χ0) is 33.9. The molecular weight excluding hydrogens is 666 g/mol. The molecule has 0 radical (unpaired) electrons. The molecule has 2 aliphatic rings. The lowest BCUT2D eigenvalue weighted by atomic mass is 10.0. The number of nitrogens with one attached hydrogen (secondary N) is 1. The van der Waals surface area contributed by atoms with Gasteiger partial charge in [0.15, 0.2) is 0 Å². The molecule has 1 N–H and O–H groups in total. The van der Waals surface area contributed by atoms with E-state index in [1.807, 2.05) is 28.7 Å². The number of nitrogens with zero attached hydrogens (tertiary/aromatic N) is 6. The van der Waals surface area contributed by atoms with Gasteiger partial charge in [0.2, 0.25) is 0 Å². The van der Waals surface area contributed by atoms with Crippen LogP contribution in [0.1, 0.15) is 34.7 Å². The fourth-order valence-electron chi connectivity index (χ4n) is 6.98. The molecule has 7 rings (SSSR count). The van der Waals surface area contributed by atoms with Gasteiger partial charge < -0.3 is 15.1 Å². The average Bonchev–Trinajstić information content (AvgIpc) is 3.80. The third kappa shape index (κ3) is 7.72. The van der Waals surface area contributed by atoms with E-state index in [9.17, 15) is 5.26 Å². The van der Waals surface area contributed by atoms with E-state index in [0.29, 0.717) is 10.6 Å². The maximum Gasteiger partial charge on any atom is 0.103 e. The first-order valence-corrected chi connectivity index (χ1v) is 19.5. The third-order valence-electron chi connectivity index (χ3n) is 10.1. The molecule has 0 atom stereocenters. The van der Waals surface area contributed by atoms with E-state index in [0.717, 1.165) is 118 Å². The molecule has 0 bridgehead atoms. The maximum atomic E-state index is 10.1. The maximum absolute atomic E-state index is 10.1. The highest BCUT2D eigenvalue weighted by Crippen LogP contribution is 2.39. The number of benzene rings is 2. The predicted octanol–water partition coefficient (Wildman–Crippen LogP) is 8.54. The van der Waals surface area contributed by atoms with E-state index in [4.69, 9.17) is 16.6 Å². The van der Waals surface area contributed by atoms with E-state index in [-0.39, 0.29) is 0 Å². The third-order valence-corrected chi connectivity index (χ3v) is 12.2. The van der Waals surface area contributed by atoms with Gasteiger partial charge in [-0.25, -0.2) is 0 Å². The van der Waals surface area contributed by atoms with Crippen molar-refractivity contribution in [3.05, 3.63) is 85.3 Å². The summed E-state index contributed by atoms with van der Waals surface area (Å²) in [4.78, 5) is 17.6. The lowest BCUT2D eigenvalue weighted by Gasteiger charge is -2.33. The number of likely N-dealkylation sites (N-methyl/N-ethyl adjacent to an activating group) is 2. The first kappa shape index (κ1) is 34.1. The number of piperazine rings is 2. The number of thiophene rings is 2. The average molecular weight is 710 g/mol. The largest absolute Gasteiger partial charge is 0.352 e. The van der Waals surface area contributed by atoms with Crippen molar-refractivity contribution >= 4 is 56.6 Å². The summed E-state index contributed by atoms with van der Waals surface area (Å²) in [5.74, 6) is 0. The van der Waals surface area contributed by atoms with Crippen LogP contribution in [0.4, 0.5) is 11.4 Å². The molecule has 2 aliphatic heterocycles. The van der Waals surface area contributed by atoms with Gasteiger partial charge >= 0.3 is 0 Å². The smallest absolute Gasteiger partial charge is 0.103 e. The van der Waals surface area contributed by atoms with Crippen LogP contribution in [0, 0.1) is 18.3 Å². The van der Waals surface area contributed by atoms with Crippen LogP contribution in [-0.2, 0) is 13.1 Å². The SMILES string of the molecule is CCN1CCN(Cc2cc(-c3cc(C)c(Nc4c(C#N)cnc5cc(-c6csc(CN7CCN(CC)CC7)c6)ccc45)c(Cl)c3)cs2)CC1. The molecule has 0 amide bonds. The summed E-state index contributed by atoms with van der Waals surface area (Å²) in [7, 11) is 0. The van der Waals surface area contributed by atoms with E-state index >= 15 is 0 Å². The monoisotopic (exact) mass is 709 g/mol. The number of anilines is 2. The van der Waals surface area contributed by atoms with Crippen molar-refractivity contribution in [3.63, 3.8) is 0 Å². The minimum absolute atomic E-state index is 0.489. The van der Waals surface area contributed by atoms with Crippen molar-refractivity contribution in [2.24, 2.45) is 0 Å². The number of aromatic nitrogens is 1. The number of halogens is 1. The normalized spacial score (nSPS) is 16.7. The van der Waals surface area contributed by atoms with E-state index in [1.54, 1.807) is 6.20 Å². The number of hydrogen-bond acceptors (Lipinski definition) is 9. The van der Waals surface area contributed by atoms with Crippen molar-refractivity contribution in [1.82, 2.24) is 24.6 Å². The summed E-state index contributed by atoms with van der Waals surface area (Å²) in [5, 5.41) is 19.6. The van der Waals surface area contributed by atoms with E-state index < -0.39 is 0 Å². The summed E-state index contributed by atoms with van der Waals surface area (Å²) < 4.78 is 0. The van der Waals surface area contributed by atoms with Gasteiger partial charge in [-0.3, -0.25) is 14.8 Å². The highest BCUT2D eigenvalue weighted by Gasteiger charge is 2.19. The Balaban J connectivity index is 1.08. The van der Waals surface area contributed by atoms with Gasteiger partial charge in [-0.15, -0.1) is 22.7 Å². The molecule has 49 heavy (non-hydrogen) atoms. The molecule has 0 unspecified atom stereocenters. The molecule has 2 saturated heterocycles. The van der Waals surface area contributed by atoms with Crippen molar-refractivity contribution in [1.29, 1.82) is 5.26 Å². The first-order valence-electron chi connectivity index (χ1n) is 17.4. The minimum Gasteiger partial charge on any atom is -0.352 e. The van der Waals surface area contributed by atoms with Crippen molar-refractivity contribution in [3.8, 4) is 28.3 Å². The predicted molar refractivity (Wildman–Crippen MR) is 207 cm³/mol. The lowest BCUT2D eigenvalue weighted by Crippen LogP contribution is -2.45. The topological polar surface area (TPSA) is 61.7 Å². The summed E-state index contributed by atoms with van der Waals surface area (Å²) in [5.41, 5.74) is 8.54. The number of aryl methyl sites for hydroxylation is 1. The summed E-state index contributed by atoms with van der Waals surface area (Å²) >= 11 is 10.6. The number of rotatable bonds is 10. The molecule has 254 valence electrons. The van der Waals surface area contributed by atoms with Gasteiger partial charge in [0.25, 0.3) is 0 Å².